The van der Waals surface area contributed by atoms with Crippen molar-refractivity contribution in [3.63, 3.8) is 0 Å². The van der Waals surface area contributed by atoms with Crippen LogP contribution in [-0.4, -0.2) is 6.54 Å². The third-order valence-corrected chi connectivity index (χ3v) is 5.54. The van der Waals surface area contributed by atoms with E-state index in [-0.39, 0.29) is 0 Å². The molecule has 0 spiro atoms. The fourth-order valence-electron chi connectivity index (χ4n) is 2.53. The smallest absolute Gasteiger partial charge is 0.140 e. The molecule has 1 unspecified atom stereocenters. The van der Waals surface area contributed by atoms with Gasteiger partial charge in [0.15, 0.2) is 0 Å². The van der Waals surface area contributed by atoms with Crippen molar-refractivity contribution in [2.45, 2.75) is 25.8 Å². The van der Waals surface area contributed by atoms with Gasteiger partial charge in [-0.3, -0.25) is 0 Å². The molecule has 1 aliphatic carbocycles. The van der Waals surface area contributed by atoms with Gasteiger partial charge in [0.1, 0.15) is 11.6 Å². The van der Waals surface area contributed by atoms with E-state index in [0.29, 0.717) is 22.0 Å². The van der Waals surface area contributed by atoms with Gasteiger partial charge < -0.3 is 5.32 Å². The molecule has 0 aliphatic heterocycles. The van der Waals surface area contributed by atoms with E-state index in [9.17, 15) is 8.78 Å². The molecular formula is C16H16BrF2NS. The summed E-state index contributed by atoms with van der Waals surface area (Å²) in [6.07, 6.45) is 2.50. The summed E-state index contributed by atoms with van der Waals surface area (Å²) >= 11 is 4.71. The van der Waals surface area contributed by atoms with Gasteiger partial charge in [0, 0.05) is 27.4 Å². The highest BCUT2D eigenvalue weighted by molar-refractivity contribution is 9.10. The van der Waals surface area contributed by atoms with Gasteiger partial charge in [0.2, 0.25) is 0 Å². The molecule has 5 heteroatoms. The minimum Gasteiger partial charge on any atom is -0.309 e. The van der Waals surface area contributed by atoms with Crippen LogP contribution in [0.3, 0.4) is 0 Å². The summed E-state index contributed by atoms with van der Waals surface area (Å²) in [5, 5.41) is 3.51. The SMILES string of the molecule is CCNC(c1ccc(-c2cc(Br)c(F)cc2F)s1)C1CC1. The maximum Gasteiger partial charge on any atom is 0.140 e. The van der Waals surface area contributed by atoms with Crippen molar-refractivity contribution < 1.29 is 8.78 Å². The normalized spacial score (nSPS) is 16.2. The highest BCUT2D eigenvalue weighted by Gasteiger charge is 2.32. The Morgan fingerprint density at radius 2 is 2.05 bits per heavy atom. The Kier molecular flexibility index (Phi) is 4.43. The molecule has 2 aromatic rings. The van der Waals surface area contributed by atoms with Crippen LogP contribution in [0.5, 0.6) is 0 Å². The molecule has 1 nitrogen and oxygen atoms in total. The van der Waals surface area contributed by atoms with Crippen molar-refractivity contribution in [2.24, 2.45) is 5.92 Å². The van der Waals surface area contributed by atoms with Gasteiger partial charge >= 0.3 is 0 Å². The van der Waals surface area contributed by atoms with Crippen LogP contribution >= 0.6 is 27.3 Å². The van der Waals surface area contributed by atoms with E-state index < -0.39 is 11.6 Å². The molecule has 0 radical (unpaired) electrons. The summed E-state index contributed by atoms with van der Waals surface area (Å²) < 4.78 is 27.6. The lowest BCUT2D eigenvalue weighted by molar-refractivity contribution is 0.504. The van der Waals surface area contributed by atoms with Crippen molar-refractivity contribution in [1.29, 1.82) is 0 Å². The third-order valence-electron chi connectivity index (χ3n) is 3.73. The second-order valence-corrected chi connectivity index (χ2v) is 7.29. The van der Waals surface area contributed by atoms with Crippen LogP contribution in [0.15, 0.2) is 28.7 Å². The lowest BCUT2D eigenvalue weighted by atomic mass is 10.1. The second kappa shape index (κ2) is 6.15. The molecule has 3 rings (SSSR count). The first-order valence-electron chi connectivity index (χ1n) is 7.08. The van der Waals surface area contributed by atoms with Crippen LogP contribution in [0.1, 0.15) is 30.7 Å². The Labute approximate surface area is 135 Å². The quantitative estimate of drug-likeness (QED) is 0.682. The zero-order valence-electron chi connectivity index (χ0n) is 11.6. The minimum atomic E-state index is -0.573. The zero-order chi connectivity index (χ0) is 15.0. The lowest BCUT2D eigenvalue weighted by Gasteiger charge is -2.15. The Morgan fingerprint density at radius 1 is 1.29 bits per heavy atom. The van der Waals surface area contributed by atoms with Crippen molar-refractivity contribution in [1.82, 2.24) is 5.32 Å². The number of hydrogen-bond donors (Lipinski definition) is 1. The van der Waals surface area contributed by atoms with Gasteiger partial charge in [-0.15, -0.1) is 11.3 Å². The third kappa shape index (κ3) is 3.20. The molecule has 1 saturated carbocycles. The molecule has 1 N–H and O–H groups in total. The van der Waals surface area contributed by atoms with Crippen molar-refractivity contribution in [2.75, 3.05) is 6.54 Å². The summed E-state index contributed by atoms with van der Waals surface area (Å²) in [7, 11) is 0. The Hall–Kier alpha value is -0.780. The maximum absolute atomic E-state index is 14.0. The number of nitrogens with one attached hydrogen (secondary N) is 1. The van der Waals surface area contributed by atoms with Gasteiger partial charge in [-0.1, -0.05) is 6.92 Å². The molecule has 1 atom stereocenters. The molecule has 112 valence electrons. The summed E-state index contributed by atoms with van der Waals surface area (Å²) in [5.41, 5.74) is 0.450. The van der Waals surface area contributed by atoms with E-state index in [4.69, 9.17) is 0 Å². The summed E-state index contributed by atoms with van der Waals surface area (Å²) in [6, 6.07) is 6.79. The first-order valence-corrected chi connectivity index (χ1v) is 8.69. The van der Waals surface area contributed by atoms with E-state index in [1.165, 1.54) is 23.8 Å². The van der Waals surface area contributed by atoms with Crippen LogP contribution in [0.2, 0.25) is 0 Å². The first kappa shape index (κ1) is 15.1. The molecule has 1 aliphatic rings. The summed E-state index contributed by atoms with van der Waals surface area (Å²) in [5.74, 6) is -0.395. The molecule has 0 saturated heterocycles. The van der Waals surface area contributed by atoms with Crippen molar-refractivity contribution in [3.8, 4) is 10.4 Å². The first-order chi connectivity index (χ1) is 10.1. The average molecular weight is 372 g/mol. The Bertz CT molecular complexity index is 652. The highest BCUT2D eigenvalue weighted by atomic mass is 79.9. The molecule has 1 aromatic heterocycles. The maximum atomic E-state index is 14.0. The fraction of sp³-hybridized carbons (Fsp3) is 0.375. The fourth-order valence-corrected chi connectivity index (χ4v) is 4.06. The van der Waals surface area contributed by atoms with Crippen LogP contribution in [0.4, 0.5) is 8.78 Å². The van der Waals surface area contributed by atoms with Gasteiger partial charge in [0.05, 0.1) is 4.47 Å². The predicted molar refractivity (Wildman–Crippen MR) is 86.5 cm³/mol. The molecule has 21 heavy (non-hydrogen) atoms. The van der Waals surface area contributed by atoms with Crippen LogP contribution in [0.25, 0.3) is 10.4 Å². The number of halogens is 3. The molecule has 0 amide bonds. The number of benzene rings is 1. The van der Waals surface area contributed by atoms with Crippen molar-refractivity contribution >= 4 is 27.3 Å². The second-order valence-electron chi connectivity index (χ2n) is 5.32. The Morgan fingerprint density at radius 3 is 2.71 bits per heavy atom. The standard InChI is InChI=1S/C16H16BrF2NS/c1-2-20-16(9-3-4-9)15-6-5-14(21-15)10-7-11(17)13(19)8-12(10)18/h5-9,16,20H,2-4H2,1H3. The van der Waals surface area contributed by atoms with E-state index in [2.05, 4.69) is 34.2 Å². The molecule has 1 heterocycles. The average Bonchev–Trinajstić information content (AvgIpc) is 3.17. The van der Waals surface area contributed by atoms with Crippen LogP contribution < -0.4 is 5.32 Å². The zero-order valence-corrected chi connectivity index (χ0v) is 14.0. The molecule has 1 aromatic carbocycles. The van der Waals surface area contributed by atoms with E-state index in [1.807, 2.05) is 6.07 Å². The molecule has 0 bridgehead atoms. The van der Waals surface area contributed by atoms with Gasteiger partial charge in [-0.2, -0.15) is 0 Å². The minimum absolute atomic E-state index is 0.291. The van der Waals surface area contributed by atoms with E-state index in [0.717, 1.165) is 17.5 Å². The van der Waals surface area contributed by atoms with Gasteiger partial charge in [0.25, 0.3) is 0 Å². The van der Waals surface area contributed by atoms with Crippen LogP contribution in [-0.2, 0) is 0 Å². The molecular weight excluding hydrogens is 356 g/mol. The summed E-state index contributed by atoms with van der Waals surface area (Å²) in [4.78, 5) is 2.07. The highest BCUT2D eigenvalue weighted by Crippen LogP contribution is 2.44. The summed E-state index contributed by atoms with van der Waals surface area (Å²) in [6.45, 7) is 3.02. The monoisotopic (exact) mass is 371 g/mol. The largest absolute Gasteiger partial charge is 0.309 e. The number of hydrogen-bond acceptors (Lipinski definition) is 2. The predicted octanol–water partition coefficient (Wildman–Crippen LogP) is 5.52. The topological polar surface area (TPSA) is 12.0 Å². The van der Waals surface area contributed by atoms with E-state index >= 15 is 0 Å². The Balaban J connectivity index is 1.92. The van der Waals surface area contributed by atoms with E-state index in [1.54, 1.807) is 11.3 Å². The number of thiophene rings is 1. The number of rotatable bonds is 5. The van der Waals surface area contributed by atoms with Gasteiger partial charge in [-0.05, 0) is 59.4 Å². The van der Waals surface area contributed by atoms with Crippen molar-refractivity contribution in [3.05, 3.63) is 45.2 Å². The van der Waals surface area contributed by atoms with Gasteiger partial charge in [-0.25, -0.2) is 8.78 Å². The molecule has 1 fully saturated rings. The lowest BCUT2D eigenvalue weighted by Crippen LogP contribution is -2.21. The van der Waals surface area contributed by atoms with Crippen LogP contribution in [0, 0.1) is 17.6 Å².